The second-order valence-electron chi connectivity index (χ2n) is 6.24. The molecule has 2 heterocycles. The van der Waals surface area contributed by atoms with E-state index in [1.54, 1.807) is 7.11 Å². The Bertz CT molecular complexity index is 863. The van der Waals surface area contributed by atoms with Crippen molar-refractivity contribution in [2.45, 2.75) is 19.8 Å². The predicted molar refractivity (Wildman–Crippen MR) is 95.3 cm³/mol. The van der Waals surface area contributed by atoms with E-state index in [0.29, 0.717) is 0 Å². The van der Waals surface area contributed by atoms with Crippen molar-refractivity contribution in [3.8, 4) is 16.9 Å². The summed E-state index contributed by atoms with van der Waals surface area (Å²) in [7, 11) is 1.72. The summed E-state index contributed by atoms with van der Waals surface area (Å²) in [4.78, 5) is 3.64. The van der Waals surface area contributed by atoms with Gasteiger partial charge in [-0.05, 0) is 60.3 Å². The van der Waals surface area contributed by atoms with Crippen molar-refractivity contribution in [1.82, 2.24) is 10.3 Å². The molecule has 23 heavy (non-hydrogen) atoms. The minimum absolute atomic E-state index is 0.913. The number of rotatable bonds is 2. The number of H-pyrrole nitrogens is 1. The van der Waals surface area contributed by atoms with Crippen molar-refractivity contribution < 1.29 is 4.74 Å². The number of hydrogen-bond acceptors (Lipinski definition) is 2. The van der Waals surface area contributed by atoms with Crippen molar-refractivity contribution in [1.29, 1.82) is 0 Å². The minimum atomic E-state index is 0.913. The summed E-state index contributed by atoms with van der Waals surface area (Å²) in [6, 6.07) is 12.9. The summed E-state index contributed by atoms with van der Waals surface area (Å²) in [5.41, 5.74) is 7.99. The van der Waals surface area contributed by atoms with Crippen LogP contribution in [-0.2, 0) is 12.8 Å². The van der Waals surface area contributed by atoms with Crippen LogP contribution in [-0.4, -0.2) is 25.2 Å². The summed E-state index contributed by atoms with van der Waals surface area (Å²) in [6.45, 7) is 4.26. The van der Waals surface area contributed by atoms with Gasteiger partial charge in [0.05, 0.1) is 7.11 Å². The number of benzene rings is 2. The van der Waals surface area contributed by atoms with E-state index >= 15 is 0 Å². The van der Waals surface area contributed by atoms with Crippen LogP contribution < -0.4 is 10.1 Å². The molecule has 1 aromatic heterocycles. The van der Waals surface area contributed by atoms with Gasteiger partial charge < -0.3 is 15.0 Å². The molecule has 3 aromatic rings. The SMILES string of the molecule is COc1ccc(-c2cccc3[nH]c4c(c23)CCNCC4)c(C)c1. The Kier molecular flexibility index (Phi) is 3.58. The summed E-state index contributed by atoms with van der Waals surface area (Å²) < 4.78 is 5.35. The van der Waals surface area contributed by atoms with Crippen LogP contribution in [0, 0.1) is 6.92 Å². The van der Waals surface area contributed by atoms with Crippen molar-refractivity contribution in [2.75, 3.05) is 20.2 Å². The lowest BCUT2D eigenvalue weighted by Crippen LogP contribution is -2.16. The van der Waals surface area contributed by atoms with Crippen LogP contribution in [0.1, 0.15) is 16.8 Å². The molecular formula is C20H22N2O. The molecule has 2 aromatic carbocycles. The third kappa shape index (κ3) is 2.41. The maximum Gasteiger partial charge on any atom is 0.119 e. The van der Waals surface area contributed by atoms with Crippen LogP contribution >= 0.6 is 0 Å². The van der Waals surface area contributed by atoms with E-state index in [2.05, 4.69) is 47.6 Å². The van der Waals surface area contributed by atoms with Gasteiger partial charge in [0.2, 0.25) is 0 Å². The first-order valence-electron chi connectivity index (χ1n) is 8.26. The van der Waals surface area contributed by atoms with Gasteiger partial charge in [0.1, 0.15) is 5.75 Å². The van der Waals surface area contributed by atoms with E-state index in [4.69, 9.17) is 4.74 Å². The molecule has 3 heteroatoms. The molecule has 1 aliphatic rings. The fourth-order valence-corrected chi connectivity index (χ4v) is 3.70. The first-order valence-corrected chi connectivity index (χ1v) is 8.26. The summed E-state index contributed by atoms with van der Waals surface area (Å²) >= 11 is 0. The van der Waals surface area contributed by atoms with Gasteiger partial charge in [0, 0.05) is 29.6 Å². The molecule has 0 radical (unpaired) electrons. The minimum Gasteiger partial charge on any atom is -0.497 e. The maximum atomic E-state index is 5.35. The average Bonchev–Trinajstić information content (AvgIpc) is 2.76. The molecule has 2 N–H and O–H groups in total. The molecule has 0 spiro atoms. The number of aromatic amines is 1. The lowest BCUT2D eigenvalue weighted by molar-refractivity contribution is 0.414. The van der Waals surface area contributed by atoms with Crippen molar-refractivity contribution in [2.24, 2.45) is 0 Å². The van der Waals surface area contributed by atoms with Crippen LogP contribution in [0.5, 0.6) is 5.75 Å². The highest BCUT2D eigenvalue weighted by Crippen LogP contribution is 2.36. The Labute approximate surface area is 136 Å². The van der Waals surface area contributed by atoms with Crippen LogP contribution in [0.25, 0.3) is 22.0 Å². The van der Waals surface area contributed by atoms with Gasteiger partial charge in [-0.2, -0.15) is 0 Å². The van der Waals surface area contributed by atoms with Crippen molar-refractivity contribution in [3.05, 3.63) is 53.2 Å². The second kappa shape index (κ2) is 5.74. The Balaban J connectivity index is 1.95. The quantitative estimate of drug-likeness (QED) is 0.755. The highest BCUT2D eigenvalue weighted by atomic mass is 16.5. The van der Waals surface area contributed by atoms with E-state index in [9.17, 15) is 0 Å². The Morgan fingerprint density at radius 3 is 2.70 bits per heavy atom. The summed E-state index contributed by atoms with van der Waals surface area (Å²) in [5, 5.41) is 4.88. The Hall–Kier alpha value is -2.26. The van der Waals surface area contributed by atoms with E-state index in [-0.39, 0.29) is 0 Å². The van der Waals surface area contributed by atoms with Gasteiger partial charge in [-0.25, -0.2) is 0 Å². The summed E-state index contributed by atoms with van der Waals surface area (Å²) in [5.74, 6) is 0.913. The zero-order valence-electron chi connectivity index (χ0n) is 13.7. The van der Waals surface area contributed by atoms with Gasteiger partial charge in [-0.3, -0.25) is 0 Å². The predicted octanol–water partition coefficient (Wildman–Crippen LogP) is 3.84. The molecule has 0 fully saturated rings. The lowest BCUT2D eigenvalue weighted by atomic mass is 9.94. The van der Waals surface area contributed by atoms with Gasteiger partial charge in [-0.15, -0.1) is 0 Å². The highest BCUT2D eigenvalue weighted by Gasteiger charge is 2.17. The molecule has 0 aliphatic carbocycles. The Morgan fingerprint density at radius 1 is 1.00 bits per heavy atom. The van der Waals surface area contributed by atoms with Crippen molar-refractivity contribution in [3.63, 3.8) is 0 Å². The molecule has 0 unspecified atom stereocenters. The topological polar surface area (TPSA) is 37.0 Å². The number of aryl methyl sites for hydroxylation is 1. The second-order valence-corrected chi connectivity index (χ2v) is 6.24. The molecule has 0 atom stereocenters. The molecule has 0 saturated carbocycles. The number of aromatic nitrogens is 1. The number of nitrogens with one attached hydrogen (secondary N) is 2. The monoisotopic (exact) mass is 306 g/mol. The van der Waals surface area contributed by atoms with E-state index in [1.807, 2.05) is 6.07 Å². The van der Waals surface area contributed by atoms with Gasteiger partial charge in [0.25, 0.3) is 0 Å². The van der Waals surface area contributed by atoms with Gasteiger partial charge in [-0.1, -0.05) is 18.2 Å². The molecule has 0 amide bonds. The van der Waals surface area contributed by atoms with Crippen LogP contribution in [0.15, 0.2) is 36.4 Å². The fraction of sp³-hybridized carbons (Fsp3) is 0.300. The van der Waals surface area contributed by atoms with Crippen LogP contribution in [0.2, 0.25) is 0 Å². The van der Waals surface area contributed by atoms with Crippen LogP contribution in [0.4, 0.5) is 0 Å². The highest BCUT2D eigenvalue weighted by molar-refractivity contribution is 5.99. The number of hydrogen-bond donors (Lipinski definition) is 2. The van der Waals surface area contributed by atoms with Gasteiger partial charge >= 0.3 is 0 Å². The van der Waals surface area contributed by atoms with E-state index in [1.165, 1.54) is 38.9 Å². The lowest BCUT2D eigenvalue weighted by Gasteiger charge is -2.11. The average molecular weight is 306 g/mol. The zero-order valence-corrected chi connectivity index (χ0v) is 13.7. The standard InChI is InChI=1S/C20H22N2O/c1-13-12-14(23-2)6-7-15(13)16-4-3-5-19-20(16)17-8-10-21-11-9-18(17)22-19/h3-7,12,21-22H,8-11H2,1-2H3. The normalized spacial score (nSPS) is 14.5. The number of fused-ring (bicyclic) bond motifs is 3. The number of ether oxygens (including phenoxy) is 1. The first kappa shape index (κ1) is 14.3. The zero-order chi connectivity index (χ0) is 15.8. The maximum absolute atomic E-state index is 5.35. The fourth-order valence-electron chi connectivity index (χ4n) is 3.70. The summed E-state index contributed by atoms with van der Waals surface area (Å²) in [6.07, 6.45) is 2.16. The number of methoxy groups -OCH3 is 1. The molecule has 3 nitrogen and oxygen atoms in total. The van der Waals surface area contributed by atoms with Crippen LogP contribution in [0.3, 0.4) is 0 Å². The van der Waals surface area contributed by atoms with E-state index in [0.717, 1.165) is 31.7 Å². The molecular weight excluding hydrogens is 284 g/mol. The molecule has 0 bridgehead atoms. The molecule has 1 aliphatic heterocycles. The Morgan fingerprint density at radius 2 is 1.87 bits per heavy atom. The molecule has 4 rings (SSSR count). The first-order chi connectivity index (χ1) is 11.3. The smallest absolute Gasteiger partial charge is 0.119 e. The van der Waals surface area contributed by atoms with E-state index < -0.39 is 0 Å². The van der Waals surface area contributed by atoms with Crippen molar-refractivity contribution >= 4 is 10.9 Å². The molecule has 0 saturated heterocycles. The third-order valence-corrected chi connectivity index (χ3v) is 4.84. The van der Waals surface area contributed by atoms with Gasteiger partial charge in [0.15, 0.2) is 0 Å². The largest absolute Gasteiger partial charge is 0.497 e. The molecule has 118 valence electrons. The third-order valence-electron chi connectivity index (χ3n) is 4.84.